The number of nitrogens with zero attached hydrogens (tertiary/aromatic N) is 3. The van der Waals surface area contributed by atoms with Crippen molar-refractivity contribution < 1.29 is 18.7 Å². The molecular formula is C15H9F2N3O2. The van der Waals surface area contributed by atoms with E-state index in [-0.39, 0.29) is 5.56 Å². The summed E-state index contributed by atoms with van der Waals surface area (Å²) in [6.45, 7) is 0. The lowest BCUT2D eigenvalue weighted by Crippen LogP contribution is -1.98. The number of rotatable bonds is 3. The summed E-state index contributed by atoms with van der Waals surface area (Å²) in [4.78, 5) is 10.8. The molecule has 2 aromatic carbocycles. The highest BCUT2D eigenvalue weighted by molar-refractivity contribution is 5.87. The van der Waals surface area contributed by atoms with E-state index in [4.69, 9.17) is 5.11 Å². The molecule has 1 N–H and O–H groups in total. The van der Waals surface area contributed by atoms with Crippen LogP contribution in [0.1, 0.15) is 10.4 Å². The van der Waals surface area contributed by atoms with Crippen LogP contribution in [-0.4, -0.2) is 26.1 Å². The van der Waals surface area contributed by atoms with Crippen LogP contribution < -0.4 is 0 Å². The Hall–Kier alpha value is -3.09. The molecule has 0 atom stereocenters. The standard InChI is InChI=1S/C15H9F2N3O2/c16-12-6-3-10(7-13(12)17)14-8-20(19-18-14)11-4-1-9(2-5-11)15(21)22/h1-8H,(H,21,22). The summed E-state index contributed by atoms with van der Waals surface area (Å²) >= 11 is 0. The van der Waals surface area contributed by atoms with E-state index in [1.165, 1.54) is 22.9 Å². The van der Waals surface area contributed by atoms with Gasteiger partial charge in [-0.15, -0.1) is 5.10 Å². The molecule has 1 heterocycles. The number of carbonyl (C=O) groups is 1. The fraction of sp³-hybridized carbons (Fsp3) is 0. The Bertz CT molecular complexity index is 844. The Kier molecular flexibility index (Phi) is 3.38. The fourth-order valence-electron chi connectivity index (χ4n) is 1.93. The van der Waals surface area contributed by atoms with Gasteiger partial charge >= 0.3 is 5.97 Å². The van der Waals surface area contributed by atoms with E-state index in [1.54, 1.807) is 18.3 Å². The number of hydrogen-bond donors (Lipinski definition) is 1. The third-order valence-electron chi connectivity index (χ3n) is 3.09. The van der Waals surface area contributed by atoms with Gasteiger partial charge in [-0.05, 0) is 42.5 Å². The molecule has 22 heavy (non-hydrogen) atoms. The minimum absolute atomic E-state index is 0.157. The molecule has 0 radical (unpaired) electrons. The zero-order valence-electron chi connectivity index (χ0n) is 11.1. The van der Waals surface area contributed by atoms with E-state index in [0.29, 0.717) is 16.9 Å². The predicted octanol–water partition coefficient (Wildman–Crippen LogP) is 2.91. The number of halogens is 2. The van der Waals surface area contributed by atoms with Crippen molar-refractivity contribution in [2.75, 3.05) is 0 Å². The SMILES string of the molecule is O=C(O)c1ccc(-n2cc(-c3ccc(F)c(F)c3)nn2)cc1. The zero-order chi connectivity index (χ0) is 15.7. The second kappa shape index (κ2) is 5.36. The van der Waals surface area contributed by atoms with E-state index in [1.807, 2.05) is 0 Å². The molecule has 0 saturated heterocycles. The average molecular weight is 301 g/mol. The minimum Gasteiger partial charge on any atom is -0.478 e. The van der Waals surface area contributed by atoms with Gasteiger partial charge < -0.3 is 5.11 Å². The van der Waals surface area contributed by atoms with E-state index < -0.39 is 17.6 Å². The van der Waals surface area contributed by atoms with E-state index in [0.717, 1.165) is 12.1 Å². The first-order valence-electron chi connectivity index (χ1n) is 6.26. The minimum atomic E-state index is -1.02. The Balaban J connectivity index is 1.93. The number of hydrogen-bond acceptors (Lipinski definition) is 3. The number of aromatic nitrogens is 3. The van der Waals surface area contributed by atoms with Crippen molar-refractivity contribution in [3.63, 3.8) is 0 Å². The second-order valence-corrected chi connectivity index (χ2v) is 4.53. The third kappa shape index (κ3) is 2.56. The van der Waals surface area contributed by atoms with Crippen molar-refractivity contribution in [3.05, 3.63) is 65.9 Å². The van der Waals surface area contributed by atoms with Crippen LogP contribution in [0.5, 0.6) is 0 Å². The van der Waals surface area contributed by atoms with Crippen molar-refractivity contribution in [2.24, 2.45) is 0 Å². The van der Waals surface area contributed by atoms with Crippen molar-refractivity contribution in [3.8, 4) is 16.9 Å². The van der Waals surface area contributed by atoms with Gasteiger partial charge in [0.15, 0.2) is 11.6 Å². The van der Waals surface area contributed by atoms with Crippen LogP contribution in [0.2, 0.25) is 0 Å². The van der Waals surface area contributed by atoms with Gasteiger partial charge in [0.1, 0.15) is 5.69 Å². The molecule has 0 spiro atoms. The number of carboxylic acids is 1. The third-order valence-corrected chi connectivity index (χ3v) is 3.09. The molecule has 0 aliphatic carbocycles. The predicted molar refractivity (Wildman–Crippen MR) is 73.7 cm³/mol. The molecule has 0 aliphatic heterocycles. The lowest BCUT2D eigenvalue weighted by Gasteiger charge is -2.00. The molecule has 7 heteroatoms. The number of aromatic carboxylic acids is 1. The van der Waals surface area contributed by atoms with Crippen LogP contribution in [0, 0.1) is 11.6 Å². The van der Waals surface area contributed by atoms with Gasteiger partial charge in [-0.25, -0.2) is 18.3 Å². The van der Waals surface area contributed by atoms with Crippen molar-refractivity contribution in [1.82, 2.24) is 15.0 Å². The van der Waals surface area contributed by atoms with E-state index >= 15 is 0 Å². The summed E-state index contributed by atoms with van der Waals surface area (Å²) in [6, 6.07) is 9.50. The molecule has 0 saturated carbocycles. The van der Waals surface area contributed by atoms with Crippen molar-refractivity contribution >= 4 is 5.97 Å². The van der Waals surface area contributed by atoms with Crippen LogP contribution in [0.25, 0.3) is 16.9 Å². The highest BCUT2D eigenvalue weighted by Gasteiger charge is 2.09. The highest BCUT2D eigenvalue weighted by atomic mass is 19.2. The Morgan fingerprint density at radius 3 is 2.41 bits per heavy atom. The van der Waals surface area contributed by atoms with E-state index in [9.17, 15) is 13.6 Å². The summed E-state index contributed by atoms with van der Waals surface area (Å²) in [7, 11) is 0. The smallest absolute Gasteiger partial charge is 0.335 e. The summed E-state index contributed by atoms with van der Waals surface area (Å²) in [5.74, 6) is -2.91. The Morgan fingerprint density at radius 2 is 1.77 bits per heavy atom. The largest absolute Gasteiger partial charge is 0.478 e. The van der Waals surface area contributed by atoms with Gasteiger partial charge in [0.05, 0.1) is 17.4 Å². The quantitative estimate of drug-likeness (QED) is 0.807. The van der Waals surface area contributed by atoms with E-state index in [2.05, 4.69) is 10.3 Å². The van der Waals surface area contributed by atoms with Gasteiger partial charge in [-0.1, -0.05) is 5.21 Å². The Morgan fingerprint density at radius 1 is 1.05 bits per heavy atom. The maximum Gasteiger partial charge on any atom is 0.335 e. The molecule has 3 aromatic rings. The summed E-state index contributed by atoms with van der Waals surface area (Å²) in [5, 5.41) is 16.6. The van der Waals surface area contributed by atoms with Crippen molar-refractivity contribution in [1.29, 1.82) is 0 Å². The molecule has 1 aromatic heterocycles. The molecule has 0 fully saturated rings. The van der Waals surface area contributed by atoms with Gasteiger partial charge in [0, 0.05) is 5.56 Å². The van der Waals surface area contributed by atoms with Crippen LogP contribution in [0.15, 0.2) is 48.7 Å². The van der Waals surface area contributed by atoms with Gasteiger partial charge in [0.25, 0.3) is 0 Å². The van der Waals surface area contributed by atoms with Crippen molar-refractivity contribution in [2.45, 2.75) is 0 Å². The lowest BCUT2D eigenvalue weighted by atomic mass is 10.1. The molecule has 0 unspecified atom stereocenters. The van der Waals surface area contributed by atoms with Crippen LogP contribution in [0.4, 0.5) is 8.78 Å². The average Bonchev–Trinajstić information content (AvgIpc) is 3.00. The van der Waals surface area contributed by atoms with Gasteiger partial charge in [-0.3, -0.25) is 0 Å². The topological polar surface area (TPSA) is 68.0 Å². The van der Waals surface area contributed by atoms with Crippen LogP contribution >= 0.6 is 0 Å². The molecule has 0 aliphatic rings. The second-order valence-electron chi connectivity index (χ2n) is 4.53. The monoisotopic (exact) mass is 301 g/mol. The van der Waals surface area contributed by atoms with Crippen LogP contribution in [0.3, 0.4) is 0 Å². The highest BCUT2D eigenvalue weighted by Crippen LogP contribution is 2.20. The maximum atomic E-state index is 13.2. The Labute approximate surface area is 123 Å². The molecule has 3 rings (SSSR count). The first-order chi connectivity index (χ1) is 10.5. The van der Waals surface area contributed by atoms with Gasteiger partial charge in [0.2, 0.25) is 0 Å². The summed E-state index contributed by atoms with van der Waals surface area (Å²) in [5.41, 5.74) is 1.53. The van der Waals surface area contributed by atoms with Crippen LogP contribution in [-0.2, 0) is 0 Å². The van der Waals surface area contributed by atoms with Gasteiger partial charge in [-0.2, -0.15) is 0 Å². The molecule has 5 nitrogen and oxygen atoms in total. The molecular weight excluding hydrogens is 292 g/mol. The molecule has 110 valence electrons. The maximum absolute atomic E-state index is 13.2. The molecule has 0 amide bonds. The number of benzene rings is 2. The lowest BCUT2D eigenvalue weighted by molar-refractivity contribution is 0.0697. The first kappa shape index (κ1) is 13.9. The number of carboxylic acid groups (broad SMARTS) is 1. The summed E-state index contributed by atoms with van der Waals surface area (Å²) in [6.07, 6.45) is 1.54. The first-order valence-corrected chi connectivity index (χ1v) is 6.26. The molecule has 0 bridgehead atoms. The normalized spacial score (nSPS) is 10.6. The fourth-order valence-corrected chi connectivity index (χ4v) is 1.93. The zero-order valence-corrected chi connectivity index (χ0v) is 11.1. The summed E-state index contributed by atoms with van der Waals surface area (Å²) < 4.78 is 27.6.